The molecule has 1 aliphatic rings. The average Bonchev–Trinajstić information content (AvgIpc) is 2.98. The highest BCUT2D eigenvalue weighted by atomic mass is 16.2. The molecule has 0 bridgehead atoms. The van der Waals surface area contributed by atoms with Crippen molar-refractivity contribution >= 4 is 22.8 Å². The first-order valence-corrected chi connectivity index (χ1v) is 9.49. The number of fused-ring (bicyclic) bond motifs is 1. The van der Waals surface area contributed by atoms with Gasteiger partial charge < -0.3 is 14.4 Å². The second-order valence-corrected chi connectivity index (χ2v) is 7.07. The predicted molar refractivity (Wildman–Crippen MR) is 107 cm³/mol. The third-order valence-electron chi connectivity index (χ3n) is 5.53. The molecule has 140 valence electrons. The van der Waals surface area contributed by atoms with Crippen LogP contribution >= 0.6 is 0 Å². The van der Waals surface area contributed by atoms with Crippen LogP contribution in [0.25, 0.3) is 10.9 Å². The van der Waals surface area contributed by atoms with Crippen LogP contribution in [0.4, 0.5) is 5.95 Å². The molecular formula is C21H25N5O. The van der Waals surface area contributed by atoms with Gasteiger partial charge >= 0.3 is 0 Å². The number of carbonyl (C=O) groups excluding carboxylic acids is 1. The second kappa shape index (κ2) is 7.02. The van der Waals surface area contributed by atoms with Crippen LogP contribution < -0.4 is 4.90 Å². The molecule has 0 unspecified atom stereocenters. The summed E-state index contributed by atoms with van der Waals surface area (Å²) in [6, 6.07) is 8.31. The Labute approximate surface area is 159 Å². The highest BCUT2D eigenvalue weighted by Crippen LogP contribution is 2.27. The van der Waals surface area contributed by atoms with E-state index in [0.29, 0.717) is 13.1 Å². The Hall–Kier alpha value is -2.89. The normalized spacial score (nSPS) is 14.8. The molecule has 27 heavy (non-hydrogen) atoms. The van der Waals surface area contributed by atoms with Crippen molar-refractivity contribution < 1.29 is 4.79 Å². The highest BCUT2D eigenvalue weighted by Gasteiger charge is 2.27. The minimum atomic E-state index is 0.109. The van der Waals surface area contributed by atoms with E-state index in [4.69, 9.17) is 0 Å². The van der Waals surface area contributed by atoms with E-state index >= 15 is 0 Å². The lowest BCUT2D eigenvalue weighted by Gasteiger charge is -2.34. The molecule has 1 amide bonds. The summed E-state index contributed by atoms with van der Waals surface area (Å²) in [7, 11) is 1.99. The van der Waals surface area contributed by atoms with Crippen molar-refractivity contribution in [2.45, 2.75) is 20.3 Å². The quantitative estimate of drug-likeness (QED) is 0.718. The molecule has 1 fully saturated rings. The van der Waals surface area contributed by atoms with Crippen LogP contribution in [-0.2, 0) is 13.5 Å². The molecule has 3 aromatic rings. The number of hydrogen-bond acceptors (Lipinski definition) is 4. The summed E-state index contributed by atoms with van der Waals surface area (Å²) in [5.74, 6) is 0.843. The van der Waals surface area contributed by atoms with Gasteiger partial charge in [0, 0.05) is 56.5 Å². The first kappa shape index (κ1) is 17.5. The number of piperazine rings is 1. The fourth-order valence-corrected chi connectivity index (χ4v) is 3.91. The summed E-state index contributed by atoms with van der Waals surface area (Å²) in [5, 5.41) is 1.18. The van der Waals surface area contributed by atoms with E-state index in [9.17, 15) is 4.79 Å². The molecule has 1 saturated heterocycles. The van der Waals surface area contributed by atoms with Crippen LogP contribution in [0.2, 0.25) is 0 Å². The Kier molecular flexibility index (Phi) is 4.56. The van der Waals surface area contributed by atoms with Crippen LogP contribution in [0.5, 0.6) is 0 Å². The molecule has 0 aliphatic carbocycles. The first-order chi connectivity index (χ1) is 13.1. The van der Waals surface area contributed by atoms with E-state index < -0.39 is 0 Å². The second-order valence-electron chi connectivity index (χ2n) is 7.07. The standard InChI is InChI=1S/C21H25N5O/c1-4-16-6-7-18-17(14-16)15(2)19(24(18)3)20(27)25-10-12-26(13-11-25)21-22-8-5-9-23-21/h5-9,14H,4,10-13H2,1-3H3. The summed E-state index contributed by atoms with van der Waals surface area (Å²) in [6.45, 7) is 7.07. The first-order valence-electron chi connectivity index (χ1n) is 9.49. The fraction of sp³-hybridized carbons (Fsp3) is 0.381. The maximum atomic E-state index is 13.3. The number of nitrogens with zero attached hydrogens (tertiary/aromatic N) is 5. The molecule has 3 heterocycles. The van der Waals surface area contributed by atoms with Crippen molar-refractivity contribution in [1.82, 2.24) is 19.4 Å². The molecule has 6 nitrogen and oxygen atoms in total. The Balaban J connectivity index is 1.57. The molecule has 0 radical (unpaired) electrons. The van der Waals surface area contributed by atoms with Gasteiger partial charge in [0.15, 0.2) is 0 Å². The molecule has 0 saturated carbocycles. The third-order valence-corrected chi connectivity index (χ3v) is 5.53. The van der Waals surface area contributed by atoms with Gasteiger partial charge in [0.1, 0.15) is 5.69 Å². The molecule has 0 atom stereocenters. The van der Waals surface area contributed by atoms with E-state index in [0.717, 1.165) is 42.2 Å². The van der Waals surface area contributed by atoms with Crippen LogP contribution in [0.3, 0.4) is 0 Å². The Morgan fingerprint density at radius 2 is 1.81 bits per heavy atom. The lowest BCUT2D eigenvalue weighted by molar-refractivity contribution is 0.0736. The number of benzene rings is 1. The minimum absolute atomic E-state index is 0.109. The van der Waals surface area contributed by atoms with Crippen molar-refractivity contribution in [3.8, 4) is 0 Å². The van der Waals surface area contributed by atoms with E-state index in [1.165, 1.54) is 10.9 Å². The van der Waals surface area contributed by atoms with Crippen LogP contribution in [0.1, 0.15) is 28.5 Å². The van der Waals surface area contributed by atoms with E-state index in [1.807, 2.05) is 22.6 Å². The van der Waals surface area contributed by atoms with Gasteiger partial charge in [0.25, 0.3) is 5.91 Å². The number of aromatic nitrogens is 3. The predicted octanol–water partition coefficient (Wildman–Crippen LogP) is 2.80. The summed E-state index contributed by atoms with van der Waals surface area (Å²) in [6.07, 6.45) is 4.50. The zero-order valence-corrected chi connectivity index (χ0v) is 16.1. The van der Waals surface area contributed by atoms with Gasteiger partial charge in [0.2, 0.25) is 5.95 Å². The van der Waals surface area contributed by atoms with Crippen molar-refractivity contribution in [2.75, 3.05) is 31.1 Å². The summed E-state index contributed by atoms with van der Waals surface area (Å²) in [4.78, 5) is 26.0. The molecule has 1 aliphatic heterocycles. The zero-order chi connectivity index (χ0) is 19.0. The van der Waals surface area contributed by atoms with Gasteiger partial charge in [-0.25, -0.2) is 9.97 Å². The maximum absolute atomic E-state index is 13.3. The summed E-state index contributed by atoms with van der Waals surface area (Å²) < 4.78 is 2.04. The Morgan fingerprint density at radius 1 is 1.11 bits per heavy atom. The Morgan fingerprint density at radius 3 is 2.48 bits per heavy atom. The number of rotatable bonds is 3. The van der Waals surface area contributed by atoms with Crippen LogP contribution in [-0.4, -0.2) is 51.5 Å². The van der Waals surface area contributed by atoms with Gasteiger partial charge in [-0.2, -0.15) is 0 Å². The van der Waals surface area contributed by atoms with Gasteiger partial charge in [-0.05, 0) is 42.7 Å². The number of anilines is 1. The lowest BCUT2D eigenvalue weighted by Crippen LogP contribution is -2.49. The molecule has 4 rings (SSSR count). The van der Waals surface area contributed by atoms with Crippen molar-refractivity contribution in [1.29, 1.82) is 0 Å². The Bertz CT molecular complexity index is 971. The summed E-state index contributed by atoms with van der Waals surface area (Å²) >= 11 is 0. The topological polar surface area (TPSA) is 54.3 Å². The number of carbonyl (C=O) groups is 1. The van der Waals surface area contributed by atoms with E-state index in [2.05, 4.69) is 46.9 Å². The highest BCUT2D eigenvalue weighted by molar-refractivity contribution is 6.01. The van der Waals surface area contributed by atoms with Crippen LogP contribution in [0, 0.1) is 6.92 Å². The average molecular weight is 363 g/mol. The molecule has 6 heteroatoms. The van der Waals surface area contributed by atoms with Crippen molar-refractivity contribution in [3.63, 3.8) is 0 Å². The molecule has 1 aromatic carbocycles. The molecule has 0 spiro atoms. The summed E-state index contributed by atoms with van der Waals surface area (Å²) in [5.41, 5.74) is 4.28. The largest absolute Gasteiger partial charge is 0.339 e. The number of hydrogen-bond donors (Lipinski definition) is 0. The maximum Gasteiger partial charge on any atom is 0.270 e. The monoisotopic (exact) mass is 363 g/mol. The third kappa shape index (κ3) is 3.05. The SMILES string of the molecule is CCc1ccc2c(c1)c(C)c(C(=O)N1CCN(c3ncccn3)CC1)n2C. The number of aryl methyl sites for hydroxylation is 3. The fourth-order valence-electron chi connectivity index (χ4n) is 3.91. The zero-order valence-electron chi connectivity index (χ0n) is 16.1. The minimum Gasteiger partial charge on any atom is -0.339 e. The molecular weight excluding hydrogens is 338 g/mol. The lowest BCUT2D eigenvalue weighted by atomic mass is 10.1. The van der Waals surface area contributed by atoms with Gasteiger partial charge in [0.05, 0.1) is 0 Å². The number of amides is 1. The van der Waals surface area contributed by atoms with E-state index in [-0.39, 0.29) is 5.91 Å². The van der Waals surface area contributed by atoms with E-state index in [1.54, 1.807) is 12.4 Å². The van der Waals surface area contributed by atoms with Crippen molar-refractivity contribution in [2.24, 2.45) is 7.05 Å². The van der Waals surface area contributed by atoms with Gasteiger partial charge in [-0.3, -0.25) is 4.79 Å². The van der Waals surface area contributed by atoms with Crippen LogP contribution in [0.15, 0.2) is 36.7 Å². The molecule has 0 N–H and O–H groups in total. The molecule has 2 aromatic heterocycles. The van der Waals surface area contributed by atoms with Crippen molar-refractivity contribution in [3.05, 3.63) is 53.5 Å². The smallest absolute Gasteiger partial charge is 0.270 e. The van der Waals surface area contributed by atoms with Gasteiger partial charge in [-0.15, -0.1) is 0 Å². The van der Waals surface area contributed by atoms with Gasteiger partial charge in [-0.1, -0.05) is 13.0 Å².